The Labute approximate surface area is 170 Å². The second-order valence-electron chi connectivity index (χ2n) is 6.23. The molecule has 2 rings (SSSR count). The first-order valence-corrected chi connectivity index (χ1v) is 9.11. The maximum Gasteiger partial charge on any atom is 0.231 e. The summed E-state index contributed by atoms with van der Waals surface area (Å²) >= 11 is 0. The van der Waals surface area contributed by atoms with Gasteiger partial charge in [-0.15, -0.1) is 0 Å². The van der Waals surface area contributed by atoms with Crippen molar-refractivity contribution in [1.82, 2.24) is 0 Å². The number of methoxy groups -OCH3 is 4. The summed E-state index contributed by atoms with van der Waals surface area (Å²) < 4.78 is 26.1. The molecule has 7 nitrogen and oxygen atoms in total. The van der Waals surface area contributed by atoms with Crippen molar-refractivity contribution in [2.75, 3.05) is 41.7 Å². The smallest absolute Gasteiger partial charge is 0.231 e. The zero-order valence-electron chi connectivity index (χ0n) is 17.2. The van der Waals surface area contributed by atoms with Gasteiger partial charge < -0.3 is 23.7 Å². The zero-order chi connectivity index (χ0) is 21.2. The second-order valence-corrected chi connectivity index (χ2v) is 6.23. The number of ketones is 2. The number of ether oxygens (including phenoxy) is 5. The summed E-state index contributed by atoms with van der Waals surface area (Å²) in [6.45, 7) is 0.0692. The van der Waals surface area contributed by atoms with E-state index in [-0.39, 0.29) is 12.2 Å². The molecule has 0 N–H and O–H groups in total. The Hall–Kier alpha value is -3.06. The molecule has 0 radical (unpaired) electrons. The van der Waals surface area contributed by atoms with E-state index in [9.17, 15) is 9.59 Å². The van der Waals surface area contributed by atoms with E-state index in [1.54, 1.807) is 26.4 Å². The lowest BCUT2D eigenvalue weighted by Gasteiger charge is -2.09. The number of Topliss-reactive ketones (excluding diaryl/α,β-unsaturated/α-hetero) is 2. The summed E-state index contributed by atoms with van der Waals surface area (Å²) in [7, 11) is 6.15. The van der Waals surface area contributed by atoms with Crippen molar-refractivity contribution in [2.24, 2.45) is 0 Å². The minimum absolute atomic E-state index is 0.207. The Balaban J connectivity index is 1.83. The van der Waals surface area contributed by atoms with Crippen LogP contribution in [-0.2, 0) is 16.0 Å². The number of hydrogen-bond donors (Lipinski definition) is 0. The predicted octanol–water partition coefficient (Wildman–Crippen LogP) is 3.12. The normalized spacial score (nSPS) is 10.3. The molecule has 0 aliphatic rings. The van der Waals surface area contributed by atoms with Crippen LogP contribution in [0.1, 0.15) is 22.3 Å². The van der Waals surface area contributed by atoms with Gasteiger partial charge in [-0.2, -0.15) is 0 Å². The maximum absolute atomic E-state index is 12.3. The summed E-state index contributed by atoms with van der Waals surface area (Å²) in [6, 6.07) is 10.3. The Morgan fingerprint density at radius 1 is 0.724 bits per heavy atom. The number of hydrogen-bond acceptors (Lipinski definition) is 7. The van der Waals surface area contributed by atoms with E-state index < -0.39 is 11.6 Å². The molecule has 2 aromatic rings. The van der Waals surface area contributed by atoms with Gasteiger partial charge in [-0.3, -0.25) is 9.59 Å². The number of aryl methyl sites for hydroxylation is 1. The number of carbonyl (C=O) groups is 2. The molecule has 0 saturated heterocycles. The highest BCUT2D eigenvalue weighted by Gasteiger charge is 2.18. The molecule has 0 aliphatic carbocycles. The van der Waals surface area contributed by atoms with Crippen molar-refractivity contribution in [3.05, 3.63) is 47.5 Å². The van der Waals surface area contributed by atoms with E-state index >= 15 is 0 Å². The van der Waals surface area contributed by atoms with E-state index in [4.69, 9.17) is 23.7 Å². The molecule has 0 aromatic heterocycles. The van der Waals surface area contributed by atoms with E-state index in [1.807, 2.05) is 12.1 Å². The first-order chi connectivity index (χ1) is 14.0. The van der Waals surface area contributed by atoms with Gasteiger partial charge in [0.1, 0.15) is 29.6 Å². The molecule has 0 unspecified atom stereocenters. The van der Waals surface area contributed by atoms with Gasteiger partial charge >= 0.3 is 0 Å². The lowest BCUT2D eigenvalue weighted by Crippen LogP contribution is -2.20. The molecule has 0 atom stereocenters. The predicted molar refractivity (Wildman–Crippen MR) is 108 cm³/mol. The quantitative estimate of drug-likeness (QED) is 0.307. The van der Waals surface area contributed by atoms with Crippen LogP contribution in [0, 0.1) is 0 Å². The first-order valence-electron chi connectivity index (χ1n) is 9.11. The van der Waals surface area contributed by atoms with Gasteiger partial charge in [-0.05, 0) is 42.7 Å². The fraction of sp³-hybridized carbons (Fsp3) is 0.364. The number of rotatable bonds is 12. The van der Waals surface area contributed by atoms with Crippen molar-refractivity contribution >= 4 is 11.6 Å². The fourth-order valence-corrected chi connectivity index (χ4v) is 2.72. The molecule has 0 spiro atoms. The average Bonchev–Trinajstić information content (AvgIpc) is 2.77. The van der Waals surface area contributed by atoms with Crippen LogP contribution in [0.3, 0.4) is 0 Å². The van der Waals surface area contributed by atoms with Crippen LogP contribution in [0.4, 0.5) is 0 Å². The van der Waals surface area contributed by atoms with Gasteiger partial charge in [0.15, 0.2) is 0 Å². The summed E-state index contributed by atoms with van der Waals surface area (Å²) in [5, 5.41) is 0. The van der Waals surface area contributed by atoms with Gasteiger partial charge in [0.05, 0.1) is 28.4 Å². The van der Waals surface area contributed by atoms with Crippen LogP contribution in [0.5, 0.6) is 23.0 Å². The van der Waals surface area contributed by atoms with Gasteiger partial charge in [0.25, 0.3) is 0 Å². The average molecular weight is 402 g/mol. The lowest BCUT2D eigenvalue weighted by atomic mass is 10.1. The summed E-state index contributed by atoms with van der Waals surface area (Å²) in [4.78, 5) is 24.5. The number of benzene rings is 2. The number of carbonyl (C=O) groups excluding carboxylic acids is 2. The lowest BCUT2D eigenvalue weighted by molar-refractivity contribution is -0.119. The van der Waals surface area contributed by atoms with E-state index in [1.165, 1.54) is 26.4 Å². The Morgan fingerprint density at radius 3 is 1.69 bits per heavy atom. The van der Waals surface area contributed by atoms with E-state index in [0.29, 0.717) is 24.5 Å². The van der Waals surface area contributed by atoms with Crippen LogP contribution in [0.2, 0.25) is 0 Å². The summed E-state index contributed by atoms with van der Waals surface area (Å²) in [5.41, 5.74) is 1.24. The minimum Gasteiger partial charge on any atom is -0.497 e. The van der Waals surface area contributed by atoms with Gasteiger partial charge in [0.2, 0.25) is 11.6 Å². The molecular weight excluding hydrogens is 376 g/mol. The fourth-order valence-electron chi connectivity index (χ4n) is 2.72. The molecule has 0 heterocycles. The highest BCUT2D eigenvalue weighted by molar-refractivity contribution is 6.44. The topological polar surface area (TPSA) is 80.3 Å². The Kier molecular flexibility index (Phi) is 8.48. The zero-order valence-corrected chi connectivity index (χ0v) is 17.2. The Bertz CT molecular complexity index is 801. The monoisotopic (exact) mass is 402 g/mol. The van der Waals surface area contributed by atoms with Gasteiger partial charge in [-0.25, -0.2) is 0 Å². The molecule has 0 saturated carbocycles. The van der Waals surface area contributed by atoms with Crippen LogP contribution < -0.4 is 18.9 Å². The van der Waals surface area contributed by atoms with Crippen LogP contribution in [0.15, 0.2) is 36.4 Å². The van der Waals surface area contributed by atoms with Crippen LogP contribution in [-0.4, -0.2) is 53.2 Å². The third-order valence-corrected chi connectivity index (χ3v) is 4.27. The van der Waals surface area contributed by atoms with Crippen molar-refractivity contribution in [2.45, 2.75) is 12.8 Å². The molecular formula is C22H26O7. The van der Waals surface area contributed by atoms with Crippen molar-refractivity contribution in [3.63, 3.8) is 0 Å². The minimum atomic E-state index is -0.639. The molecule has 2 aromatic carbocycles. The molecule has 0 bridgehead atoms. The van der Waals surface area contributed by atoms with Crippen molar-refractivity contribution in [1.29, 1.82) is 0 Å². The molecule has 156 valence electrons. The third kappa shape index (κ3) is 6.50. The largest absolute Gasteiger partial charge is 0.497 e. The van der Waals surface area contributed by atoms with E-state index in [0.717, 1.165) is 23.5 Å². The first kappa shape index (κ1) is 22.2. The van der Waals surface area contributed by atoms with Crippen LogP contribution in [0.25, 0.3) is 0 Å². The highest BCUT2D eigenvalue weighted by Crippen LogP contribution is 2.24. The van der Waals surface area contributed by atoms with Gasteiger partial charge in [0, 0.05) is 24.3 Å². The van der Waals surface area contributed by atoms with Gasteiger partial charge in [-0.1, -0.05) is 0 Å². The molecule has 0 fully saturated rings. The van der Waals surface area contributed by atoms with Crippen LogP contribution >= 0.6 is 0 Å². The van der Waals surface area contributed by atoms with E-state index in [2.05, 4.69) is 0 Å². The highest BCUT2D eigenvalue weighted by atomic mass is 16.5. The molecule has 7 heteroatoms. The Morgan fingerprint density at radius 2 is 1.21 bits per heavy atom. The molecule has 29 heavy (non-hydrogen) atoms. The molecule has 0 amide bonds. The maximum atomic E-state index is 12.3. The molecule has 0 aliphatic heterocycles. The van der Waals surface area contributed by atoms with Crippen molar-refractivity contribution < 1.29 is 33.3 Å². The summed E-state index contributed by atoms with van der Waals surface area (Å²) in [5.74, 6) is 1.05. The van der Waals surface area contributed by atoms with Crippen molar-refractivity contribution in [3.8, 4) is 23.0 Å². The summed E-state index contributed by atoms with van der Waals surface area (Å²) in [6.07, 6.45) is 1.41. The standard InChI is InChI=1S/C22H26O7/c1-25-17-8-15(9-18(12-17)26-2)6-5-7-29-14-21(23)22(24)16-10-19(27-3)13-20(11-16)28-4/h8-13H,5-7,14H2,1-4H3. The third-order valence-electron chi connectivity index (χ3n) is 4.27. The SMILES string of the molecule is COc1cc(CCCOCC(=O)C(=O)c2cc(OC)cc(OC)c2)cc(OC)c1. The second kappa shape index (κ2) is 11.1.